The van der Waals surface area contributed by atoms with Crippen LogP contribution in [0.15, 0.2) is 36.4 Å². The van der Waals surface area contributed by atoms with Crippen LogP contribution in [0.3, 0.4) is 0 Å². The van der Waals surface area contributed by atoms with Gasteiger partial charge in [0.15, 0.2) is 11.6 Å². The maximum Gasteiger partial charge on any atom is 0.316 e. The van der Waals surface area contributed by atoms with Gasteiger partial charge in [0.1, 0.15) is 11.5 Å². The number of fused-ring (bicyclic) bond motifs is 2. The second-order valence-electron chi connectivity index (χ2n) is 4.06. The minimum atomic E-state index is -0.450. The van der Waals surface area contributed by atoms with Gasteiger partial charge in [0.05, 0.1) is 11.1 Å². The predicted molar refractivity (Wildman–Crippen MR) is 71.6 cm³/mol. The third kappa shape index (κ3) is 1.82. The molecule has 2 aromatic rings. The van der Waals surface area contributed by atoms with Gasteiger partial charge in [-0.2, -0.15) is 0 Å². The molecule has 2 aromatic carbocycles. The Hall–Kier alpha value is -1.85. The molecule has 5 heteroatoms. The molecule has 1 aliphatic rings. The normalized spacial score (nSPS) is 12.4. The molecule has 0 aromatic heterocycles. The lowest BCUT2D eigenvalue weighted by molar-refractivity contribution is 0.0974. The highest BCUT2D eigenvalue weighted by molar-refractivity contribution is 6.30. The number of carbonyl (C=O) groups excluding carboxylic acids is 2. The van der Waals surface area contributed by atoms with Crippen molar-refractivity contribution in [2.75, 3.05) is 0 Å². The first-order valence-corrected chi connectivity index (χ1v) is 5.34. The van der Waals surface area contributed by atoms with Crippen LogP contribution in [0.4, 0.5) is 0 Å². The standard InChI is InChI=1S/C14H8O4.Mg.2H/c15-9-5-6-10(16)12-11(9)13(17)7-3-1-2-4-8(7)14(12)18;;;/h1-6,15-16H;;;. The molecule has 0 bridgehead atoms. The molecule has 0 saturated carbocycles. The van der Waals surface area contributed by atoms with Gasteiger partial charge in [0.2, 0.25) is 0 Å². The second-order valence-corrected chi connectivity index (χ2v) is 4.06. The van der Waals surface area contributed by atoms with Crippen LogP contribution in [0.5, 0.6) is 11.5 Å². The van der Waals surface area contributed by atoms with Crippen molar-refractivity contribution in [1.29, 1.82) is 0 Å². The zero-order valence-electron chi connectivity index (χ0n) is 9.18. The van der Waals surface area contributed by atoms with Crippen molar-refractivity contribution in [3.63, 3.8) is 0 Å². The van der Waals surface area contributed by atoms with Crippen LogP contribution in [0.1, 0.15) is 31.8 Å². The number of ketones is 2. The van der Waals surface area contributed by atoms with Crippen LogP contribution in [-0.4, -0.2) is 44.8 Å². The van der Waals surface area contributed by atoms with Crippen LogP contribution in [0.2, 0.25) is 0 Å². The quantitative estimate of drug-likeness (QED) is 0.469. The van der Waals surface area contributed by atoms with Crippen molar-refractivity contribution in [3.05, 3.63) is 58.7 Å². The van der Waals surface area contributed by atoms with E-state index < -0.39 is 11.6 Å². The third-order valence-corrected chi connectivity index (χ3v) is 3.03. The Bertz CT molecular complexity index is 647. The van der Waals surface area contributed by atoms with Crippen LogP contribution in [-0.2, 0) is 0 Å². The molecule has 19 heavy (non-hydrogen) atoms. The molecular formula is C14H10MgO4. The van der Waals surface area contributed by atoms with Crippen LogP contribution < -0.4 is 0 Å². The fourth-order valence-corrected chi connectivity index (χ4v) is 2.19. The van der Waals surface area contributed by atoms with Crippen LogP contribution >= 0.6 is 0 Å². The van der Waals surface area contributed by atoms with Crippen LogP contribution in [0, 0.1) is 0 Å². The first-order valence-electron chi connectivity index (χ1n) is 5.34. The van der Waals surface area contributed by atoms with Gasteiger partial charge in [-0.3, -0.25) is 9.59 Å². The van der Waals surface area contributed by atoms with Gasteiger partial charge >= 0.3 is 23.1 Å². The van der Waals surface area contributed by atoms with E-state index in [0.717, 1.165) is 0 Å². The van der Waals surface area contributed by atoms with E-state index in [-0.39, 0.29) is 56.8 Å². The van der Waals surface area contributed by atoms with Crippen molar-refractivity contribution in [2.24, 2.45) is 0 Å². The molecule has 2 N–H and O–H groups in total. The average molecular weight is 267 g/mol. The zero-order valence-corrected chi connectivity index (χ0v) is 9.18. The van der Waals surface area contributed by atoms with Crippen molar-refractivity contribution in [1.82, 2.24) is 0 Å². The molecule has 0 unspecified atom stereocenters. The predicted octanol–water partition coefficient (Wildman–Crippen LogP) is 0.957. The summed E-state index contributed by atoms with van der Waals surface area (Å²) in [5.74, 6) is -1.49. The van der Waals surface area contributed by atoms with E-state index in [1.54, 1.807) is 12.1 Å². The fraction of sp³-hybridized carbons (Fsp3) is 0. The zero-order chi connectivity index (χ0) is 12.9. The summed E-state index contributed by atoms with van der Waals surface area (Å²) in [6, 6.07) is 8.76. The summed E-state index contributed by atoms with van der Waals surface area (Å²) in [7, 11) is 0. The van der Waals surface area contributed by atoms with E-state index in [2.05, 4.69) is 0 Å². The molecule has 3 rings (SSSR count). The number of carbonyl (C=O) groups is 2. The van der Waals surface area contributed by atoms with Gasteiger partial charge in [0, 0.05) is 11.1 Å². The molecule has 0 radical (unpaired) electrons. The maximum absolute atomic E-state index is 12.2. The Kier molecular flexibility index (Phi) is 3.34. The van der Waals surface area contributed by atoms with E-state index in [1.165, 1.54) is 24.3 Å². The Balaban J connectivity index is 0.00000133. The Morgan fingerprint density at radius 3 is 1.42 bits per heavy atom. The summed E-state index contributed by atoms with van der Waals surface area (Å²) >= 11 is 0. The molecule has 0 amide bonds. The minimum Gasteiger partial charge on any atom is -0.507 e. The Morgan fingerprint density at radius 1 is 0.684 bits per heavy atom. The highest BCUT2D eigenvalue weighted by Gasteiger charge is 2.33. The second kappa shape index (κ2) is 4.68. The molecule has 0 saturated heterocycles. The summed E-state index contributed by atoms with van der Waals surface area (Å²) in [5.41, 5.74) is 0.240. The number of rotatable bonds is 0. The van der Waals surface area contributed by atoms with Gasteiger partial charge in [-0.15, -0.1) is 0 Å². The molecule has 92 valence electrons. The number of phenolic OH excluding ortho intramolecular Hbond substituents is 2. The highest BCUT2D eigenvalue weighted by Crippen LogP contribution is 2.37. The molecule has 1 aliphatic carbocycles. The van der Waals surface area contributed by atoms with Crippen LogP contribution in [0.25, 0.3) is 0 Å². The van der Waals surface area contributed by atoms with E-state index in [4.69, 9.17) is 0 Å². The smallest absolute Gasteiger partial charge is 0.316 e. The highest BCUT2D eigenvalue weighted by atomic mass is 24.3. The van der Waals surface area contributed by atoms with Crippen molar-refractivity contribution >= 4 is 34.6 Å². The molecule has 0 fully saturated rings. The largest absolute Gasteiger partial charge is 0.507 e. The van der Waals surface area contributed by atoms with Gasteiger partial charge in [0.25, 0.3) is 0 Å². The third-order valence-electron chi connectivity index (χ3n) is 3.03. The average Bonchev–Trinajstić information content (AvgIpc) is 2.38. The molecule has 0 spiro atoms. The Morgan fingerprint density at radius 2 is 1.05 bits per heavy atom. The van der Waals surface area contributed by atoms with E-state index in [0.29, 0.717) is 0 Å². The fourth-order valence-electron chi connectivity index (χ4n) is 2.19. The summed E-state index contributed by atoms with van der Waals surface area (Å²) in [6.07, 6.45) is 0. The minimum absolute atomic E-state index is 0. The summed E-state index contributed by atoms with van der Waals surface area (Å²) in [4.78, 5) is 24.4. The monoisotopic (exact) mass is 266 g/mol. The molecule has 0 aliphatic heterocycles. The first kappa shape index (κ1) is 13.6. The van der Waals surface area contributed by atoms with Gasteiger partial charge in [-0.05, 0) is 12.1 Å². The number of benzene rings is 2. The van der Waals surface area contributed by atoms with Crippen molar-refractivity contribution in [2.45, 2.75) is 0 Å². The van der Waals surface area contributed by atoms with E-state index in [1.807, 2.05) is 0 Å². The number of aromatic hydroxyl groups is 2. The molecule has 0 atom stereocenters. The van der Waals surface area contributed by atoms with Gasteiger partial charge in [-0.1, -0.05) is 24.3 Å². The van der Waals surface area contributed by atoms with Crippen molar-refractivity contribution in [3.8, 4) is 11.5 Å². The molecule has 0 heterocycles. The first-order chi connectivity index (χ1) is 8.61. The topological polar surface area (TPSA) is 74.6 Å². The SMILES string of the molecule is O=C1c2ccccc2C(=O)c2c(O)ccc(O)c21.[MgH2]. The number of phenols is 2. The van der Waals surface area contributed by atoms with Crippen molar-refractivity contribution < 1.29 is 19.8 Å². The van der Waals surface area contributed by atoms with E-state index >= 15 is 0 Å². The Labute approximate surface area is 124 Å². The summed E-state index contributed by atoms with van der Waals surface area (Å²) in [5, 5.41) is 19.4. The van der Waals surface area contributed by atoms with Gasteiger partial charge < -0.3 is 10.2 Å². The summed E-state index contributed by atoms with van der Waals surface area (Å²) < 4.78 is 0. The van der Waals surface area contributed by atoms with Gasteiger partial charge in [-0.25, -0.2) is 0 Å². The lowest BCUT2D eigenvalue weighted by Gasteiger charge is -2.18. The van der Waals surface area contributed by atoms with E-state index in [9.17, 15) is 19.8 Å². The maximum atomic E-state index is 12.2. The lowest BCUT2D eigenvalue weighted by atomic mass is 9.83. The summed E-state index contributed by atoms with van der Waals surface area (Å²) in [6.45, 7) is 0. The number of hydrogen-bond donors (Lipinski definition) is 2. The number of hydrogen-bond acceptors (Lipinski definition) is 4. The molecular weight excluding hydrogens is 256 g/mol. The lowest BCUT2D eigenvalue weighted by Crippen LogP contribution is -2.20. The molecule has 4 nitrogen and oxygen atoms in total.